The van der Waals surface area contributed by atoms with Crippen molar-refractivity contribution in [3.8, 4) is 16.9 Å². The summed E-state index contributed by atoms with van der Waals surface area (Å²) in [6, 6.07) is 6.37. The summed E-state index contributed by atoms with van der Waals surface area (Å²) < 4.78 is 46.9. The number of ether oxygens (including phenoxy) is 1. The summed E-state index contributed by atoms with van der Waals surface area (Å²) in [7, 11) is 0. The Hall–Kier alpha value is -2.27. The number of halogens is 3. The third-order valence-electron chi connectivity index (χ3n) is 3.20. The molecule has 2 aromatic carbocycles. The SMILES string of the molecule is C=CC(O)c1ccc(-c2ccc(OCC)c(F)c2F)cc1F. The van der Waals surface area contributed by atoms with Crippen LogP contribution in [-0.2, 0) is 0 Å². The first kappa shape index (κ1) is 16.1. The molecule has 0 amide bonds. The molecule has 0 saturated carbocycles. The smallest absolute Gasteiger partial charge is 0.201 e. The molecule has 5 heteroatoms. The van der Waals surface area contributed by atoms with E-state index in [0.29, 0.717) is 0 Å². The molecule has 0 heterocycles. The first-order chi connectivity index (χ1) is 10.5. The molecule has 1 unspecified atom stereocenters. The summed E-state index contributed by atoms with van der Waals surface area (Å²) in [5.41, 5.74) is 0.0991. The Morgan fingerprint density at radius 2 is 1.91 bits per heavy atom. The normalized spacial score (nSPS) is 12.0. The molecule has 0 spiro atoms. The standard InChI is InChI=1S/C17H15F3O2/c1-3-14(21)12-6-5-10(9-13(12)18)11-7-8-15(22-4-2)17(20)16(11)19/h3,5-9,14,21H,1,4H2,2H3. The van der Waals surface area contributed by atoms with Gasteiger partial charge in [-0.2, -0.15) is 4.39 Å². The van der Waals surface area contributed by atoms with Gasteiger partial charge in [-0.3, -0.25) is 0 Å². The highest BCUT2D eigenvalue weighted by Crippen LogP contribution is 2.31. The summed E-state index contributed by atoms with van der Waals surface area (Å²) >= 11 is 0. The molecule has 2 aromatic rings. The van der Waals surface area contributed by atoms with Gasteiger partial charge in [-0.1, -0.05) is 18.2 Å². The maximum Gasteiger partial charge on any atom is 0.201 e. The van der Waals surface area contributed by atoms with E-state index in [1.807, 2.05) is 0 Å². The van der Waals surface area contributed by atoms with Crippen molar-refractivity contribution in [1.29, 1.82) is 0 Å². The zero-order chi connectivity index (χ0) is 16.3. The molecule has 0 saturated heterocycles. The van der Waals surface area contributed by atoms with E-state index in [1.165, 1.54) is 30.3 Å². The third kappa shape index (κ3) is 2.99. The molecular formula is C17H15F3O2. The van der Waals surface area contributed by atoms with Crippen molar-refractivity contribution in [1.82, 2.24) is 0 Å². The lowest BCUT2D eigenvalue weighted by Crippen LogP contribution is -2.00. The molecule has 0 aliphatic rings. The number of aliphatic hydroxyl groups excluding tert-OH is 1. The van der Waals surface area contributed by atoms with Crippen molar-refractivity contribution in [2.24, 2.45) is 0 Å². The van der Waals surface area contributed by atoms with E-state index >= 15 is 0 Å². The van der Waals surface area contributed by atoms with Crippen molar-refractivity contribution in [3.05, 3.63) is 66.0 Å². The van der Waals surface area contributed by atoms with Crippen LogP contribution in [0.4, 0.5) is 13.2 Å². The van der Waals surface area contributed by atoms with Crippen LogP contribution < -0.4 is 4.74 Å². The van der Waals surface area contributed by atoms with E-state index in [0.717, 1.165) is 6.07 Å². The van der Waals surface area contributed by atoms with Gasteiger partial charge in [-0.15, -0.1) is 6.58 Å². The third-order valence-corrected chi connectivity index (χ3v) is 3.20. The molecular weight excluding hydrogens is 293 g/mol. The lowest BCUT2D eigenvalue weighted by molar-refractivity contribution is 0.223. The van der Waals surface area contributed by atoms with Crippen molar-refractivity contribution < 1.29 is 23.0 Å². The predicted molar refractivity (Wildman–Crippen MR) is 78.1 cm³/mol. The Bertz CT molecular complexity index is 699. The average molecular weight is 308 g/mol. The fraction of sp³-hybridized carbons (Fsp3) is 0.176. The van der Waals surface area contributed by atoms with Crippen LogP contribution in [0, 0.1) is 17.5 Å². The number of benzene rings is 2. The van der Waals surface area contributed by atoms with E-state index in [-0.39, 0.29) is 29.0 Å². The van der Waals surface area contributed by atoms with Gasteiger partial charge in [0.2, 0.25) is 5.82 Å². The monoisotopic (exact) mass is 308 g/mol. The van der Waals surface area contributed by atoms with E-state index < -0.39 is 23.6 Å². The second-order valence-corrected chi connectivity index (χ2v) is 4.59. The van der Waals surface area contributed by atoms with Crippen LogP contribution in [-0.4, -0.2) is 11.7 Å². The zero-order valence-electron chi connectivity index (χ0n) is 11.9. The number of hydrogen-bond donors (Lipinski definition) is 1. The fourth-order valence-corrected chi connectivity index (χ4v) is 2.08. The lowest BCUT2D eigenvalue weighted by Gasteiger charge is -2.11. The van der Waals surface area contributed by atoms with E-state index in [4.69, 9.17) is 4.74 Å². The number of hydrogen-bond acceptors (Lipinski definition) is 2. The first-order valence-electron chi connectivity index (χ1n) is 6.70. The quantitative estimate of drug-likeness (QED) is 0.830. The van der Waals surface area contributed by atoms with Crippen LogP contribution in [0.25, 0.3) is 11.1 Å². The molecule has 0 radical (unpaired) electrons. The summed E-state index contributed by atoms with van der Waals surface area (Å²) in [5, 5.41) is 9.56. The Morgan fingerprint density at radius 1 is 1.18 bits per heavy atom. The molecule has 1 atom stereocenters. The maximum atomic E-state index is 14.1. The summed E-state index contributed by atoms with van der Waals surface area (Å²) in [4.78, 5) is 0. The van der Waals surface area contributed by atoms with Crippen LogP contribution in [0.2, 0.25) is 0 Å². The van der Waals surface area contributed by atoms with Crippen LogP contribution in [0.1, 0.15) is 18.6 Å². The summed E-state index contributed by atoms with van der Waals surface area (Å²) in [5.74, 6) is -3.14. The predicted octanol–water partition coefficient (Wildman–Crippen LogP) is 4.39. The highest BCUT2D eigenvalue weighted by Gasteiger charge is 2.17. The van der Waals surface area contributed by atoms with Crippen LogP contribution in [0.3, 0.4) is 0 Å². The fourth-order valence-electron chi connectivity index (χ4n) is 2.08. The Labute approximate surface area is 126 Å². The summed E-state index contributed by atoms with van der Waals surface area (Å²) in [6.07, 6.45) is 0.0193. The van der Waals surface area contributed by atoms with Crippen LogP contribution in [0.5, 0.6) is 5.75 Å². The minimum Gasteiger partial charge on any atom is -0.491 e. The number of aliphatic hydroxyl groups is 1. The second-order valence-electron chi connectivity index (χ2n) is 4.59. The Kier molecular flexibility index (Phi) is 4.88. The Morgan fingerprint density at radius 3 is 2.50 bits per heavy atom. The van der Waals surface area contributed by atoms with Gasteiger partial charge >= 0.3 is 0 Å². The van der Waals surface area contributed by atoms with Gasteiger partial charge in [0.1, 0.15) is 5.82 Å². The van der Waals surface area contributed by atoms with Gasteiger partial charge in [-0.25, -0.2) is 8.78 Å². The van der Waals surface area contributed by atoms with Gasteiger partial charge in [0.25, 0.3) is 0 Å². The van der Waals surface area contributed by atoms with Crippen LogP contribution in [0.15, 0.2) is 43.0 Å². The highest BCUT2D eigenvalue weighted by atomic mass is 19.2. The molecule has 0 aliphatic carbocycles. The number of rotatable bonds is 5. The van der Waals surface area contributed by atoms with Gasteiger partial charge < -0.3 is 9.84 Å². The molecule has 0 fully saturated rings. The second kappa shape index (κ2) is 6.66. The maximum absolute atomic E-state index is 14.1. The van der Waals surface area contributed by atoms with Gasteiger partial charge in [-0.05, 0) is 30.7 Å². The Balaban J connectivity index is 2.47. The molecule has 22 heavy (non-hydrogen) atoms. The average Bonchev–Trinajstić information content (AvgIpc) is 2.51. The minimum absolute atomic E-state index is 0.0190. The first-order valence-corrected chi connectivity index (χ1v) is 6.70. The zero-order valence-corrected chi connectivity index (χ0v) is 11.9. The van der Waals surface area contributed by atoms with E-state index in [9.17, 15) is 18.3 Å². The van der Waals surface area contributed by atoms with Crippen molar-refractivity contribution in [3.63, 3.8) is 0 Å². The molecule has 0 bridgehead atoms. The van der Waals surface area contributed by atoms with Crippen LogP contribution >= 0.6 is 0 Å². The van der Waals surface area contributed by atoms with E-state index in [2.05, 4.69) is 6.58 Å². The van der Waals surface area contributed by atoms with Gasteiger partial charge in [0.15, 0.2) is 11.6 Å². The molecule has 2 rings (SSSR count). The van der Waals surface area contributed by atoms with Crippen molar-refractivity contribution >= 4 is 0 Å². The lowest BCUT2D eigenvalue weighted by atomic mass is 10.0. The highest BCUT2D eigenvalue weighted by molar-refractivity contribution is 5.66. The minimum atomic E-state index is -1.16. The molecule has 116 valence electrons. The molecule has 0 aliphatic heterocycles. The largest absolute Gasteiger partial charge is 0.491 e. The van der Waals surface area contributed by atoms with Gasteiger partial charge in [0.05, 0.1) is 12.7 Å². The van der Waals surface area contributed by atoms with Crippen molar-refractivity contribution in [2.75, 3.05) is 6.61 Å². The van der Waals surface area contributed by atoms with E-state index in [1.54, 1.807) is 6.92 Å². The molecule has 2 nitrogen and oxygen atoms in total. The summed E-state index contributed by atoms with van der Waals surface area (Å²) in [6.45, 7) is 5.24. The van der Waals surface area contributed by atoms with Gasteiger partial charge in [0, 0.05) is 11.1 Å². The molecule has 1 N–H and O–H groups in total. The molecule has 0 aromatic heterocycles. The topological polar surface area (TPSA) is 29.5 Å². The van der Waals surface area contributed by atoms with Crippen molar-refractivity contribution in [2.45, 2.75) is 13.0 Å².